The molecule has 1 atom stereocenters. The average Bonchev–Trinajstić information content (AvgIpc) is 3.21. The minimum absolute atomic E-state index is 0.0318. The minimum atomic E-state index is -2.77. The van der Waals surface area contributed by atoms with E-state index in [0.29, 0.717) is 5.56 Å². The fourth-order valence-corrected chi connectivity index (χ4v) is 5.59. The van der Waals surface area contributed by atoms with E-state index in [1.54, 1.807) is 30.7 Å². The Hall–Kier alpha value is -2.74. The summed E-state index contributed by atoms with van der Waals surface area (Å²) in [5, 5.41) is 6.62. The summed E-state index contributed by atoms with van der Waals surface area (Å²) in [5.41, 5.74) is 1.11. The van der Waals surface area contributed by atoms with Crippen LogP contribution in [-0.2, 0) is 9.71 Å². The molecule has 0 amide bonds. The lowest BCUT2D eigenvalue weighted by atomic mass is 10.0. The van der Waals surface area contributed by atoms with Gasteiger partial charge >= 0.3 is 0 Å². The second-order valence-electron chi connectivity index (χ2n) is 7.26. The summed E-state index contributed by atoms with van der Waals surface area (Å²) in [4.78, 5) is 3.96. The second-order valence-corrected chi connectivity index (χ2v) is 9.58. The monoisotopic (exact) mass is 416 g/mol. The smallest absolute Gasteiger partial charge is 0.159 e. The van der Waals surface area contributed by atoms with Crippen LogP contribution in [0.2, 0.25) is 0 Å². The molecule has 0 aliphatic heterocycles. The van der Waals surface area contributed by atoms with Crippen molar-refractivity contribution in [3.05, 3.63) is 54.5 Å². The van der Waals surface area contributed by atoms with Crippen LogP contribution < -0.4 is 4.72 Å². The third-order valence-electron chi connectivity index (χ3n) is 5.33. The molecule has 0 saturated heterocycles. The molecule has 2 N–H and O–H groups in total. The number of aromatic amines is 1. The van der Waals surface area contributed by atoms with E-state index in [1.165, 1.54) is 6.07 Å². The van der Waals surface area contributed by atoms with Gasteiger partial charge in [0.05, 0.1) is 11.3 Å². The van der Waals surface area contributed by atoms with Gasteiger partial charge in [-0.05, 0) is 48.5 Å². The normalized spacial score (nSPS) is 17.0. The maximum atomic E-state index is 15.4. The van der Waals surface area contributed by atoms with Crippen molar-refractivity contribution in [3.8, 4) is 22.4 Å². The summed E-state index contributed by atoms with van der Waals surface area (Å²) in [5.74, 6) is 2.26. The maximum Gasteiger partial charge on any atom is 0.159 e. The molecule has 1 aliphatic carbocycles. The van der Waals surface area contributed by atoms with Crippen molar-refractivity contribution < 1.29 is 13.0 Å². The molecule has 152 valence electrons. The molecule has 1 aromatic carbocycles. The molecular weight excluding hydrogens is 394 g/mol. The zero-order valence-electron chi connectivity index (χ0n) is 15.8. The number of nitrogens with zero attached hydrogens (tertiary/aromatic N) is 2. The maximum absolute atomic E-state index is 15.4. The summed E-state index contributed by atoms with van der Waals surface area (Å²) < 4.78 is 45.9. The minimum Gasteiger partial charge on any atom is -0.310 e. The van der Waals surface area contributed by atoms with Gasteiger partial charge in [0, 0.05) is 39.1 Å². The number of nitrogens with one attached hydrogen (secondary N) is 2. The Morgan fingerprint density at radius 3 is 2.55 bits per heavy atom. The third kappa shape index (κ3) is 3.89. The SMILES string of the molecule is C=S(=O)(Nc1ccc(F)c(-c2n[nH]cc2-c2ccncc2)c1F)C1CCCCC1. The standard InChI is InChI=1S/C21H22F2N4OS/c1-29(28,15-5-3-2-4-6-15)27-18-8-7-17(22)19(20(18)23)21-16(13-25-26-21)14-9-11-24-12-10-14/h7-13,15H,1-6H2,(H,25,26)(H,27,28). The van der Waals surface area contributed by atoms with E-state index < -0.39 is 21.3 Å². The Morgan fingerprint density at radius 1 is 1.10 bits per heavy atom. The molecule has 4 rings (SSSR count). The van der Waals surface area contributed by atoms with Crippen molar-refractivity contribution >= 4 is 21.3 Å². The molecule has 0 spiro atoms. The van der Waals surface area contributed by atoms with Crippen molar-refractivity contribution in [1.82, 2.24) is 15.2 Å². The molecule has 1 unspecified atom stereocenters. The predicted octanol–water partition coefficient (Wildman–Crippen LogP) is 4.79. The first-order valence-corrected chi connectivity index (χ1v) is 11.3. The second kappa shape index (κ2) is 7.94. The molecule has 5 nitrogen and oxygen atoms in total. The van der Waals surface area contributed by atoms with E-state index in [1.807, 2.05) is 0 Å². The number of aromatic nitrogens is 3. The number of pyridine rings is 1. The number of rotatable bonds is 5. The Bertz CT molecular complexity index is 1110. The van der Waals surface area contributed by atoms with E-state index in [-0.39, 0.29) is 22.2 Å². The lowest BCUT2D eigenvalue weighted by Crippen LogP contribution is -2.30. The average molecular weight is 416 g/mol. The van der Waals surface area contributed by atoms with Crippen LogP contribution in [0.1, 0.15) is 32.1 Å². The van der Waals surface area contributed by atoms with Gasteiger partial charge in [0.2, 0.25) is 0 Å². The van der Waals surface area contributed by atoms with Crippen LogP contribution in [0.15, 0.2) is 42.9 Å². The first-order chi connectivity index (χ1) is 14.0. The lowest BCUT2D eigenvalue weighted by Gasteiger charge is -2.26. The molecule has 1 fully saturated rings. The van der Waals surface area contributed by atoms with E-state index in [9.17, 15) is 8.60 Å². The number of hydrogen-bond acceptors (Lipinski definition) is 3. The number of anilines is 1. The number of benzene rings is 1. The zero-order valence-corrected chi connectivity index (χ0v) is 16.6. The highest BCUT2D eigenvalue weighted by atomic mass is 32.2. The molecule has 2 heterocycles. The van der Waals surface area contributed by atoms with Gasteiger partial charge in [-0.15, -0.1) is 0 Å². The summed E-state index contributed by atoms with van der Waals surface area (Å²) in [7, 11) is -2.77. The molecule has 29 heavy (non-hydrogen) atoms. The summed E-state index contributed by atoms with van der Waals surface area (Å²) >= 11 is 0. The van der Waals surface area contributed by atoms with Crippen LogP contribution >= 0.6 is 0 Å². The van der Waals surface area contributed by atoms with Gasteiger partial charge in [-0.3, -0.25) is 10.1 Å². The summed E-state index contributed by atoms with van der Waals surface area (Å²) in [6, 6.07) is 5.89. The van der Waals surface area contributed by atoms with Gasteiger partial charge < -0.3 is 4.72 Å². The van der Waals surface area contributed by atoms with Crippen molar-refractivity contribution in [3.63, 3.8) is 0 Å². The zero-order chi connectivity index (χ0) is 20.4. The molecule has 3 aromatic rings. The van der Waals surface area contributed by atoms with E-state index in [0.717, 1.165) is 43.7 Å². The molecule has 0 bridgehead atoms. The molecule has 0 radical (unpaired) electrons. The molecule has 2 aromatic heterocycles. The van der Waals surface area contributed by atoms with Crippen molar-refractivity contribution in [2.24, 2.45) is 0 Å². The van der Waals surface area contributed by atoms with Gasteiger partial charge in [0.1, 0.15) is 11.5 Å². The number of hydrogen-bond donors (Lipinski definition) is 2. The molecule has 1 saturated carbocycles. The highest BCUT2D eigenvalue weighted by Crippen LogP contribution is 2.36. The van der Waals surface area contributed by atoms with Crippen molar-refractivity contribution in [2.45, 2.75) is 37.4 Å². The predicted molar refractivity (Wildman–Crippen MR) is 113 cm³/mol. The fourth-order valence-electron chi connectivity index (χ4n) is 3.80. The highest BCUT2D eigenvalue weighted by molar-refractivity contribution is 8.02. The van der Waals surface area contributed by atoms with Gasteiger partial charge in [0.25, 0.3) is 0 Å². The van der Waals surface area contributed by atoms with E-state index >= 15 is 4.39 Å². The van der Waals surface area contributed by atoms with Gasteiger partial charge in [0.15, 0.2) is 5.82 Å². The fraction of sp³-hybridized carbons (Fsp3) is 0.286. The van der Waals surface area contributed by atoms with Gasteiger partial charge in [-0.1, -0.05) is 19.3 Å². The Morgan fingerprint density at radius 2 is 1.83 bits per heavy atom. The van der Waals surface area contributed by atoms with E-state index in [4.69, 9.17) is 0 Å². The number of H-pyrrole nitrogens is 1. The molecule has 8 heteroatoms. The topological polar surface area (TPSA) is 70.7 Å². The first-order valence-electron chi connectivity index (χ1n) is 9.54. The van der Waals surface area contributed by atoms with Crippen LogP contribution in [0.4, 0.5) is 14.5 Å². The van der Waals surface area contributed by atoms with Crippen LogP contribution in [0.3, 0.4) is 0 Å². The largest absolute Gasteiger partial charge is 0.310 e. The van der Waals surface area contributed by atoms with Crippen LogP contribution in [0, 0.1) is 11.6 Å². The third-order valence-corrected chi connectivity index (χ3v) is 7.45. The quantitative estimate of drug-likeness (QED) is 0.588. The molecular formula is C21H22F2N4OS. The van der Waals surface area contributed by atoms with Crippen molar-refractivity contribution in [1.29, 1.82) is 0 Å². The van der Waals surface area contributed by atoms with Crippen LogP contribution in [0.25, 0.3) is 22.4 Å². The Balaban J connectivity index is 1.73. The number of halogens is 2. The lowest BCUT2D eigenvalue weighted by molar-refractivity contribution is 0.505. The molecule has 1 aliphatic rings. The van der Waals surface area contributed by atoms with Crippen LogP contribution in [-0.4, -0.2) is 30.5 Å². The van der Waals surface area contributed by atoms with Gasteiger partial charge in [-0.25, -0.2) is 13.0 Å². The Kier molecular flexibility index (Phi) is 5.36. The van der Waals surface area contributed by atoms with Gasteiger partial charge in [-0.2, -0.15) is 5.10 Å². The van der Waals surface area contributed by atoms with Crippen molar-refractivity contribution in [2.75, 3.05) is 4.72 Å². The van der Waals surface area contributed by atoms with E-state index in [2.05, 4.69) is 25.8 Å². The summed E-state index contributed by atoms with van der Waals surface area (Å²) in [6.07, 6.45) is 9.43. The first kappa shape index (κ1) is 19.6. The Labute approximate surface area is 168 Å². The highest BCUT2D eigenvalue weighted by Gasteiger charge is 2.26. The van der Waals surface area contributed by atoms with Crippen LogP contribution in [0.5, 0.6) is 0 Å². The summed E-state index contributed by atoms with van der Waals surface area (Å²) in [6.45, 7) is 0.